The fourth-order valence-corrected chi connectivity index (χ4v) is 3.11. The number of hydrogen-bond acceptors (Lipinski definition) is 3. The molecule has 20 heavy (non-hydrogen) atoms. The van der Waals surface area contributed by atoms with E-state index in [1.807, 2.05) is 24.3 Å². The zero-order valence-corrected chi connectivity index (χ0v) is 12.1. The molecule has 1 aliphatic carbocycles. The second-order valence-electron chi connectivity index (χ2n) is 6.15. The SMILES string of the molecule is CN1CCCN(C(=O)C2(c3ccc(N)cc3)CC2)CC1. The molecule has 2 N–H and O–H groups in total. The first kappa shape index (κ1) is 13.4. The Kier molecular flexibility index (Phi) is 3.42. The predicted molar refractivity (Wildman–Crippen MR) is 80.5 cm³/mol. The van der Waals surface area contributed by atoms with Crippen molar-refractivity contribution in [2.45, 2.75) is 24.7 Å². The summed E-state index contributed by atoms with van der Waals surface area (Å²) in [6.45, 7) is 3.80. The van der Waals surface area contributed by atoms with Crippen LogP contribution in [0.4, 0.5) is 5.69 Å². The van der Waals surface area contributed by atoms with Gasteiger partial charge in [-0.3, -0.25) is 4.79 Å². The first-order valence-corrected chi connectivity index (χ1v) is 7.46. The molecule has 1 saturated carbocycles. The molecule has 108 valence electrons. The highest BCUT2D eigenvalue weighted by atomic mass is 16.2. The molecule has 2 aliphatic rings. The molecule has 1 heterocycles. The summed E-state index contributed by atoms with van der Waals surface area (Å²) in [5.41, 5.74) is 7.38. The van der Waals surface area contributed by atoms with Gasteiger partial charge in [0.15, 0.2) is 0 Å². The summed E-state index contributed by atoms with van der Waals surface area (Å²) in [4.78, 5) is 17.3. The molecule has 0 radical (unpaired) electrons. The van der Waals surface area contributed by atoms with Gasteiger partial charge in [-0.05, 0) is 50.6 Å². The number of amides is 1. The molecule has 1 saturated heterocycles. The second-order valence-corrected chi connectivity index (χ2v) is 6.15. The monoisotopic (exact) mass is 273 g/mol. The lowest BCUT2D eigenvalue weighted by atomic mass is 9.94. The molecule has 0 spiro atoms. The largest absolute Gasteiger partial charge is 0.399 e. The molecule has 1 amide bonds. The van der Waals surface area contributed by atoms with Crippen molar-refractivity contribution in [1.82, 2.24) is 9.80 Å². The Hall–Kier alpha value is -1.55. The van der Waals surface area contributed by atoms with Gasteiger partial charge in [-0.15, -0.1) is 0 Å². The molecule has 4 nitrogen and oxygen atoms in total. The molecular weight excluding hydrogens is 250 g/mol. The van der Waals surface area contributed by atoms with Crippen molar-refractivity contribution in [2.24, 2.45) is 0 Å². The molecule has 4 heteroatoms. The number of hydrogen-bond donors (Lipinski definition) is 1. The molecule has 0 unspecified atom stereocenters. The van der Waals surface area contributed by atoms with Gasteiger partial charge in [0.1, 0.15) is 0 Å². The number of rotatable bonds is 2. The van der Waals surface area contributed by atoms with Gasteiger partial charge >= 0.3 is 0 Å². The summed E-state index contributed by atoms with van der Waals surface area (Å²) in [5.74, 6) is 0.317. The van der Waals surface area contributed by atoms with Gasteiger partial charge in [-0.2, -0.15) is 0 Å². The zero-order chi connectivity index (χ0) is 14.2. The van der Waals surface area contributed by atoms with Gasteiger partial charge < -0.3 is 15.5 Å². The smallest absolute Gasteiger partial charge is 0.233 e. The minimum atomic E-state index is -0.253. The Labute approximate surface area is 120 Å². The summed E-state index contributed by atoms with van der Waals surface area (Å²) < 4.78 is 0. The number of likely N-dealkylation sites (N-methyl/N-ethyl adjacent to an activating group) is 1. The highest BCUT2D eigenvalue weighted by Gasteiger charge is 2.52. The van der Waals surface area contributed by atoms with Crippen LogP contribution in [-0.4, -0.2) is 48.9 Å². The minimum Gasteiger partial charge on any atom is -0.399 e. The van der Waals surface area contributed by atoms with E-state index in [1.54, 1.807) is 0 Å². The molecule has 0 aromatic heterocycles. The highest BCUT2D eigenvalue weighted by Crippen LogP contribution is 2.49. The van der Waals surface area contributed by atoms with E-state index in [0.717, 1.165) is 56.7 Å². The fourth-order valence-electron chi connectivity index (χ4n) is 3.11. The standard InChI is InChI=1S/C16H23N3O/c1-18-9-2-10-19(12-11-18)15(20)16(7-8-16)13-3-5-14(17)6-4-13/h3-6H,2,7-12,17H2,1H3. The van der Waals surface area contributed by atoms with Crippen LogP contribution < -0.4 is 5.73 Å². The number of benzene rings is 1. The quantitative estimate of drug-likeness (QED) is 0.830. The van der Waals surface area contributed by atoms with Gasteiger partial charge in [-0.1, -0.05) is 12.1 Å². The van der Waals surface area contributed by atoms with E-state index >= 15 is 0 Å². The molecule has 1 aromatic rings. The van der Waals surface area contributed by atoms with Crippen molar-refractivity contribution in [3.05, 3.63) is 29.8 Å². The highest BCUT2D eigenvalue weighted by molar-refractivity contribution is 5.91. The lowest BCUT2D eigenvalue weighted by molar-refractivity contribution is -0.133. The first-order chi connectivity index (χ1) is 9.62. The average Bonchev–Trinajstić information content (AvgIpc) is 3.24. The summed E-state index contributed by atoms with van der Waals surface area (Å²) in [5, 5.41) is 0. The molecular formula is C16H23N3O. The summed E-state index contributed by atoms with van der Waals surface area (Å²) in [7, 11) is 2.13. The van der Waals surface area contributed by atoms with Crippen LogP contribution in [0.5, 0.6) is 0 Å². The van der Waals surface area contributed by atoms with Crippen LogP contribution in [-0.2, 0) is 10.2 Å². The number of anilines is 1. The van der Waals surface area contributed by atoms with Crippen molar-refractivity contribution in [2.75, 3.05) is 39.0 Å². The number of nitrogens with zero attached hydrogens (tertiary/aromatic N) is 2. The average molecular weight is 273 g/mol. The van der Waals surface area contributed by atoms with E-state index in [-0.39, 0.29) is 5.41 Å². The molecule has 0 bridgehead atoms. The summed E-state index contributed by atoms with van der Waals surface area (Å²) in [6, 6.07) is 7.84. The second kappa shape index (κ2) is 5.09. The Morgan fingerprint density at radius 1 is 1.10 bits per heavy atom. The third-order valence-electron chi connectivity index (χ3n) is 4.63. The van der Waals surface area contributed by atoms with E-state index in [9.17, 15) is 4.79 Å². The first-order valence-electron chi connectivity index (χ1n) is 7.46. The number of carbonyl (C=O) groups is 1. The minimum absolute atomic E-state index is 0.253. The fraction of sp³-hybridized carbons (Fsp3) is 0.562. The van der Waals surface area contributed by atoms with Crippen LogP contribution >= 0.6 is 0 Å². The van der Waals surface area contributed by atoms with Gasteiger partial charge in [0.2, 0.25) is 5.91 Å². The molecule has 2 fully saturated rings. The zero-order valence-electron chi connectivity index (χ0n) is 12.1. The molecule has 3 rings (SSSR count). The number of nitrogens with two attached hydrogens (primary N) is 1. The lowest BCUT2D eigenvalue weighted by Gasteiger charge is -2.26. The van der Waals surface area contributed by atoms with Crippen molar-refractivity contribution >= 4 is 11.6 Å². The maximum atomic E-state index is 12.9. The normalized spacial score (nSPS) is 22.4. The van der Waals surface area contributed by atoms with E-state index in [0.29, 0.717) is 5.91 Å². The Bertz CT molecular complexity index is 493. The van der Waals surface area contributed by atoms with E-state index in [2.05, 4.69) is 16.8 Å². The van der Waals surface area contributed by atoms with Gasteiger partial charge in [-0.25, -0.2) is 0 Å². The molecule has 1 aromatic carbocycles. The maximum Gasteiger partial charge on any atom is 0.233 e. The lowest BCUT2D eigenvalue weighted by Crippen LogP contribution is -2.41. The molecule has 1 aliphatic heterocycles. The van der Waals surface area contributed by atoms with E-state index in [1.165, 1.54) is 0 Å². The van der Waals surface area contributed by atoms with Crippen LogP contribution in [0.15, 0.2) is 24.3 Å². The van der Waals surface area contributed by atoms with Gasteiger partial charge in [0.25, 0.3) is 0 Å². The van der Waals surface area contributed by atoms with Gasteiger partial charge in [0.05, 0.1) is 5.41 Å². The predicted octanol–water partition coefficient (Wildman–Crippen LogP) is 1.46. The van der Waals surface area contributed by atoms with Crippen molar-refractivity contribution in [1.29, 1.82) is 0 Å². The van der Waals surface area contributed by atoms with E-state index in [4.69, 9.17) is 5.73 Å². The topological polar surface area (TPSA) is 49.6 Å². The Morgan fingerprint density at radius 3 is 2.45 bits per heavy atom. The van der Waals surface area contributed by atoms with E-state index < -0.39 is 0 Å². The van der Waals surface area contributed by atoms with Crippen molar-refractivity contribution in [3.8, 4) is 0 Å². The van der Waals surface area contributed by atoms with Crippen LogP contribution in [0.3, 0.4) is 0 Å². The van der Waals surface area contributed by atoms with Crippen molar-refractivity contribution < 1.29 is 4.79 Å². The summed E-state index contributed by atoms with van der Waals surface area (Å²) in [6.07, 6.45) is 3.02. The van der Waals surface area contributed by atoms with Crippen molar-refractivity contribution in [3.63, 3.8) is 0 Å². The van der Waals surface area contributed by atoms with Gasteiger partial charge in [0, 0.05) is 25.3 Å². The van der Waals surface area contributed by atoms with Crippen LogP contribution in [0.2, 0.25) is 0 Å². The Balaban J connectivity index is 1.77. The number of carbonyl (C=O) groups excluding carboxylic acids is 1. The van der Waals surface area contributed by atoms with Crippen LogP contribution in [0, 0.1) is 0 Å². The Morgan fingerprint density at radius 2 is 1.80 bits per heavy atom. The third kappa shape index (κ3) is 2.40. The van der Waals surface area contributed by atoms with Crippen LogP contribution in [0.1, 0.15) is 24.8 Å². The maximum absolute atomic E-state index is 12.9. The third-order valence-corrected chi connectivity index (χ3v) is 4.63. The summed E-state index contributed by atoms with van der Waals surface area (Å²) >= 11 is 0. The molecule has 0 atom stereocenters. The van der Waals surface area contributed by atoms with Crippen LogP contribution in [0.25, 0.3) is 0 Å². The number of nitrogen functional groups attached to an aromatic ring is 1.